The van der Waals surface area contributed by atoms with Gasteiger partial charge in [0.2, 0.25) is 0 Å². The van der Waals surface area contributed by atoms with Crippen LogP contribution >= 0.6 is 0 Å². The van der Waals surface area contributed by atoms with Crippen LogP contribution in [0.3, 0.4) is 0 Å². The number of carbonyl (C=O) groups excluding carboxylic acids is 1. The van der Waals surface area contributed by atoms with Crippen molar-refractivity contribution in [2.24, 2.45) is 5.92 Å². The number of amides is 1. The van der Waals surface area contributed by atoms with E-state index in [1.807, 2.05) is 23.1 Å². The van der Waals surface area contributed by atoms with Crippen molar-refractivity contribution in [1.82, 2.24) is 14.8 Å². The van der Waals surface area contributed by atoms with Gasteiger partial charge < -0.3 is 14.6 Å². The molecule has 5 rings (SSSR count). The van der Waals surface area contributed by atoms with Gasteiger partial charge in [0.05, 0.1) is 19.3 Å². The summed E-state index contributed by atoms with van der Waals surface area (Å²) in [6.07, 6.45) is 0. The van der Waals surface area contributed by atoms with Gasteiger partial charge >= 0.3 is 0 Å². The Labute approximate surface area is 152 Å². The molecule has 0 saturated carbocycles. The van der Waals surface area contributed by atoms with Gasteiger partial charge in [-0.25, -0.2) is 0 Å². The van der Waals surface area contributed by atoms with Crippen LogP contribution < -0.4 is 0 Å². The third kappa shape index (κ3) is 2.59. The van der Waals surface area contributed by atoms with E-state index in [1.165, 1.54) is 10.8 Å². The van der Waals surface area contributed by atoms with Crippen molar-refractivity contribution in [3.05, 3.63) is 48.2 Å². The number of hydrogen-bond donors (Lipinski definition) is 1. The number of hydrogen-bond acceptors (Lipinski definition) is 3. The molecule has 1 amide bonds. The lowest BCUT2D eigenvalue weighted by molar-refractivity contribution is 0.0431. The van der Waals surface area contributed by atoms with Crippen LogP contribution in [-0.2, 0) is 4.74 Å². The predicted molar refractivity (Wildman–Crippen MR) is 102 cm³/mol. The number of rotatable bonds is 1. The van der Waals surface area contributed by atoms with E-state index in [1.54, 1.807) is 0 Å². The first-order valence-corrected chi connectivity index (χ1v) is 9.27. The molecule has 5 heteroatoms. The van der Waals surface area contributed by atoms with Crippen LogP contribution in [0.1, 0.15) is 10.5 Å². The number of likely N-dealkylation sites (N-methyl/N-ethyl adjacent to an activating group) is 1. The van der Waals surface area contributed by atoms with E-state index in [4.69, 9.17) is 4.74 Å². The molecule has 3 heterocycles. The zero-order valence-corrected chi connectivity index (χ0v) is 14.9. The lowest BCUT2D eigenvalue weighted by atomic mass is 10.1. The fourth-order valence-corrected chi connectivity index (χ4v) is 4.39. The molecule has 2 bridgehead atoms. The summed E-state index contributed by atoms with van der Waals surface area (Å²) in [7, 11) is 2.13. The molecule has 134 valence electrons. The number of ether oxygens (including phenoxy) is 1. The number of carbonyl (C=O) groups is 1. The molecular weight excluding hydrogens is 326 g/mol. The standard InChI is InChI=1S/C21H23N3O2/c1-23-9-14-10-24(11-16(23)13-26-12-14)21(25)20-8-18-17-5-3-2-4-15(17)6-7-19(18)22-20/h2-8,14,16,22H,9-13H2,1H3/t14-,16+/m1/s1. The Bertz CT molecular complexity index is 980. The molecule has 0 radical (unpaired) electrons. The van der Waals surface area contributed by atoms with E-state index >= 15 is 0 Å². The molecule has 0 spiro atoms. The van der Waals surface area contributed by atoms with E-state index < -0.39 is 0 Å². The van der Waals surface area contributed by atoms with Crippen LogP contribution in [0.2, 0.25) is 0 Å². The van der Waals surface area contributed by atoms with Crippen molar-refractivity contribution < 1.29 is 9.53 Å². The van der Waals surface area contributed by atoms with E-state index in [0.717, 1.165) is 37.1 Å². The molecule has 2 aliphatic rings. The fraction of sp³-hybridized carbons (Fsp3) is 0.381. The van der Waals surface area contributed by atoms with E-state index in [0.29, 0.717) is 18.2 Å². The van der Waals surface area contributed by atoms with Crippen LogP contribution in [0.5, 0.6) is 0 Å². The number of H-pyrrole nitrogens is 1. The third-order valence-electron chi connectivity index (χ3n) is 5.79. The van der Waals surface area contributed by atoms with Crippen LogP contribution in [-0.4, -0.2) is 66.6 Å². The average molecular weight is 349 g/mol. The van der Waals surface area contributed by atoms with E-state index in [9.17, 15) is 4.79 Å². The summed E-state index contributed by atoms with van der Waals surface area (Å²) >= 11 is 0. The maximum atomic E-state index is 13.2. The van der Waals surface area contributed by atoms with Gasteiger partial charge in [0.15, 0.2) is 0 Å². The minimum absolute atomic E-state index is 0.0949. The van der Waals surface area contributed by atoms with Crippen LogP contribution in [0.4, 0.5) is 0 Å². The van der Waals surface area contributed by atoms with Crippen molar-refractivity contribution in [3.8, 4) is 0 Å². The van der Waals surface area contributed by atoms with Crippen molar-refractivity contribution in [2.45, 2.75) is 6.04 Å². The quantitative estimate of drug-likeness (QED) is 0.735. The molecule has 3 aromatic rings. The third-order valence-corrected chi connectivity index (χ3v) is 5.79. The van der Waals surface area contributed by atoms with Gasteiger partial charge in [-0.1, -0.05) is 30.3 Å². The molecule has 0 unspecified atom stereocenters. The summed E-state index contributed by atoms with van der Waals surface area (Å²) < 4.78 is 5.77. The van der Waals surface area contributed by atoms with Crippen LogP contribution in [0.15, 0.2) is 42.5 Å². The Morgan fingerprint density at radius 1 is 1.08 bits per heavy atom. The maximum absolute atomic E-state index is 13.2. The highest BCUT2D eigenvalue weighted by Gasteiger charge is 2.34. The first-order chi connectivity index (χ1) is 12.7. The summed E-state index contributed by atoms with van der Waals surface area (Å²) in [6.45, 7) is 3.92. The molecule has 1 N–H and O–H groups in total. The highest BCUT2D eigenvalue weighted by Crippen LogP contribution is 2.27. The van der Waals surface area contributed by atoms with Crippen molar-refractivity contribution in [3.63, 3.8) is 0 Å². The first kappa shape index (κ1) is 15.9. The summed E-state index contributed by atoms with van der Waals surface area (Å²) in [6, 6.07) is 14.8. The normalized spacial score (nSPS) is 24.1. The lowest BCUT2D eigenvalue weighted by Crippen LogP contribution is -2.44. The number of aromatic amines is 1. The average Bonchev–Trinajstić information content (AvgIpc) is 2.92. The van der Waals surface area contributed by atoms with Crippen molar-refractivity contribution in [2.75, 3.05) is 39.9 Å². The minimum atomic E-state index is 0.0949. The predicted octanol–water partition coefficient (Wildman–Crippen LogP) is 2.72. The van der Waals surface area contributed by atoms with Gasteiger partial charge in [0, 0.05) is 36.5 Å². The number of nitrogens with zero attached hydrogens (tertiary/aromatic N) is 2. The summed E-state index contributed by atoms with van der Waals surface area (Å²) in [5.41, 5.74) is 1.70. The highest BCUT2D eigenvalue weighted by molar-refractivity contribution is 6.09. The lowest BCUT2D eigenvalue weighted by Gasteiger charge is -2.29. The van der Waals surface area contributed by atoms with Gasteiger partial charge in [-0.2, -0.15) is 0 Å². The number of aromatic nitrogens is 1. The molecule has 26 heavy (non-hydrogen) atoms. The zero-order chi connectivity index (χ0) is 17.7. The summed E-state index contributed by atoms with van der Waals surface area (Å²) in [5.74, 6) is 0.471. The molecule has 2 fully saturated rings. The zero-order valence-electron chi connectivity index (χ0n) is 14.9. The Balaban J connectivity index is 1.51. The minimum Gasteiger partial charge on any atom is -0.379 e. The Hall–Kier alpha value is -2.37. The summed E-state index contributed by atoms with van der Waals surface area (Å²) in [4.78, 5) is 20.9. The summed E-state index contributed by atoms with van der Waals surface area (Å²) in [5, 5.41) is 3.49. The topological polar surface area (TPSA) is 48.6 Å². The number of nitrogens with one attached hydrogen (secondary N) is 1. The molecule has 1 aromatic heterocycles. The van der Waals surface area contributed by atoms with Gasteiger partial charge in [0.25, 0.3) is 5.91 Å². The second kappa shape index (κ2) is 6.11. The number of benzene rings is 2. The molecule has 2 saturated heterocycles. The fourth-order valence-electron chi connectivity index (χ4n) is 4.39. The Morgan fingerprint density at radius 3 is 2.88 bits per heavy atom. The van der Waals surface area contributed by atoms with Crippen molar-refractivity contribution in [1.29, 1.82) is 0 Å². The van der Waals surface area contributed by atoms with Crippen LogP contribution in [0, 0.1) is 5.92 Å². The molecule has 2 atom stereocenters. The highest BCUT2D eigenvalue weighted by atomic mass is 16.5. The Morgan fingerprint density at radius 2 is 1.96 bits per heavy atom. The molecule has 0 aliphatic carbocycles. The molecular formula is C21H23N3O2. The van der Waals surface area contributed by atoms with Gasteiger partial charge in [-0.05, 0) is 30.0 Å². The van der Waals surface area contributed by atoms with Gasteiger partial charge in [-0.3, -0.25) is 9.69 Å². The second-order valence-electron chi connectivity index (χ2n) is 7.64. The maximum Gasteiger partial charge on any atom is 0.270 e. The van der Waals surface area contributed by atoms with Crippen molar-refractivity contribution >= 4 is 27.6 Å². The van der Waals surface area contributed by atoms with E-state index in [2.05, 4.69) is 41.2 Å². The molecule has 5 nitrogen and oxygen atoms in total. The monoisotopic (exact) mass is 349 g/mol. The number of fused-ring (bicyclic) bond motifs is 6. The Kier molecular flexibility index (Phi) is 3.72. The van der Waals surface area contributed by atoms with E-state index in [-0.39, 0.29) is 11.9 Å². The first-order valence-electron chi connectivity index (χ1n) is 9.27. The van der Waals surface area contributed by atoms with Crippen LogP contribution in [0.25, 0.3) is 21.7 Å². The molecule has 2 aromatic carbocycles. The van der Waals surface area contributed by atoms with Gasteiger partial charge in [0.1, 0.15) is 5.69 Å². The molecule has 2 aliphatic heterocycles. The smallest absolute Gasteiger partial charge is 0.270 e. The largest absolute Gasteiger partial charge is 0.379 e. The SMILES string of the molecule is CN1C[C@H]2COC[C@@H]1CN(C(=O)c1cc3c(ccc4ccccc43)[nH]1)C2. The second-order valence-corrected chi connectivity index (χ2v) is 7.64. The van der Waals surface area contributed by atoms with Gasteiger partial charge in [-0.15, -0.1) is 0 Å².